The van der Waals surface area contributed by atoms with Crippen molar-refractivity contribution in [2.75, 3.05) is 13.2 Å². The van der Waals surface area contributed by atoms with E-state index >= 15 is 0 Å². The Kier molecular flexibility index (Phi) is 5.81. The van der Waals surface area contributed by atoms with Crippen molar-refractivity contribution in [3.8, 4) is 0 Å². The molecular formula is C15H29NO3. The van der Waals surface area contributed by atoms with Crippen molar-refractivity contribution in [1.82, 2.24) is 5.32 Å². The Morgan fingerprint density at radius 1 is 1.32 bits per heavy atom. The molecule has 0 aromatic rings. The van der Waals surface area contributed by atoms with Gasteiger partial charge in [0.25, 0.3) is 0 Å². The largest absolute Gasteiger partial charge is 0.459 e. The Balaban J connectivity index is 2.43. The van der Waals surface area contributed by atoms with Crippen LogP contribution in [0.4, 0.5) is 0 Å². The van der Waals surface area contributed by atoms with Crippen LogP contribution in [0, 0.1) is 5.41 Å². The Morgan fingerprint density at radius 3 is 2.37 bits per heavy atom. The maximum absolute atomic E-state index is 11.9. The molecule has 1 unspecified atom stereocenters. The normalized spacial score (nSPS) is 20.9. The van der Waals surface area contributed by atoms with Crippen LogP contribution in [0.1, 0.15) is 59.8 Å². The lowest BCUT2D eigenvalue weighted by Gasteiger charge is -2.36. The van der Waals surface area contributed by atoms with Gasteiger partial charge in [0.05, 0.1) is 0 Å². The summed E-state index contributed by atoms with van der Waals surface area (Å²) in [5.41, 5.74) is -0.499. The van der Waals surface area contributed by atoms with E-state index in [2.05, 4.69) is 5.32 Å². The van der Waals surface area contributed by atoms with E-state index in [9.17, 15) is 9.90 Å². The van der Waals surface area contributed by atoms with E-state index in [-0.39, 0.29) is 24.0 Å². The highest BCUT2D eigenvalue weighted by Gasteiger charge is 2.32. The molecule has 0 saturated heterocycles. The molecule has 0 heterocycles. The molecule has 0 aliphatic heterocycles. The topological polar surface area (TPSA) is 58.6 Å². The molecule has 0 radical (unpaired) electrons. The average Bonchev–Trinajstić information content (AvgIpc) is 2.35. The predicted octanol–water partition coefficient (Wildman–Crippen LogP) is 2.25. The van der Waals surface area contributed by atoms with E-state index in [0.29, 0.717) is 6.54 Å². The van der Waals surface area contributed by atoms with Gasteiger partial charge >= 0.3 is 5.97 Å². The summed E-state index contributed by atoms with van der Waals surface area (Å²) in [4.78, 5) is 11.9. The molecule has 4 nitrogen and oxygen atoms in total. The molecule has 1 rings (SSSR count). The summed E-state index contributed by atoms with van der Waals surface area (Å²) in [6.45, 7) is 8.31. The van der Waals surface area contributed by atoms with Gasteiger partial charge in [-0.15, -0.1) is 0 Å². The molecule has 0 bridgehead atoms. The predicted molar refractivity (Wildman–Crippen MR) is 75.9 cm³/mol. The van der Waals surface area contributed by atoms with E-state index in [4.69, 9.17) is 4.74 Å². The first-order chi connectivity index (χ1) is 8.78. The van der Waals surface area contributed by atoms with Crippen molar-refractivity contribution in [3.05, 3.63) is 0 Å². The number of hydrogen-bond acceptors (Lipinski definition) is 4. The minimum atomic E-state index is -0.452. The summed E-state index contributed by atoms with van der Waals surface area (Å²) in [7, 11) is 0. The third-order valence-electron chi connectivity index (χ3n) is 3.79. The molecule has 4 heteroatoms. The van der Waals surface area contributed by atoms with Gasteiger partial charge in [-0.3, -0.25) is 4.79 Å². The van der Waals surface area contributed by atoms with Crippen molar-refractivity contribution in [3.63, 3.8) is 0 Å². The van der Waals surface area contributed by atoms with Gasteiger partial charge in [0.15, 0.2) is 0 Å². The van der Waals surface area contributed by atoms with Crippen molar-refractivity contribution >= 4 is 5.97 Å². The van der Waals surface area contributed by atoms with Crippen LogP contribution in [-0.4, -0.2) is 35.9 Å². The van der Waals surface area contributed by atoms with Crippen molar-refractivity contribution < 1.29 is 14.6 Å². The number of hydrogen-bond donors (Lipinski definition) is 2. The number of esters is 1. The van der Waals surface area contributed by atoms with Crippen LogP contribution >= 0.6 is 0 Å². The summed E-state index contributed by atoms with van der Waals surface area (Å²) in [6, 6.07) is -0.329. The SMILES string of the molecule is CC(NCC1(CO)CCCCC1)C(=O)OC(C)(C)C. The molecule has 1 saturated carbocycles. The minimum absolute atomic E-state index is 0.0471. The molecule has 0 aromatic carbocycles. The zero-order valence-corrected chi connectivity index (χ0v) is 12.8. The highest BCUT2D eigenvalue weighted by atomic mass is 16.6. The van der Waals surface area contributed by atoms with Gasteiger partial charge < -0.3 is 15.2 Å². The number of nitrogens with one attached hydrogen (secondary N) is 1. The quantitative estimate of drug-likeness (QED) is 0.753. The lowest BCUT2D eigenvalue weighted by molar-refractivity contribution is -0.157. The maximum atomic E-state index is 11.9. The first-order valence-electron chi connectivity index (χ1n) is 7.35. The van der Waals surface area contributed by atoms with Gasteiger partial charge in [-0.25, -0.2) is 0 Å². The second-order valence-electron chi connectivity index (χ2n) is 6.85. The zero-order valence-electron chi connectivity index (χ0n) is 12.8. The first-order valence-corrected chi connectivity index (χ1v) is 7.35. The van der Waals surface area contributed by atoms with E-state index in [1.54, 1.807) is 0 Å². The van der Waals surface area contributed by atoms with Gasteiger partial charge in [0.1, 0.15) is 11.6 Å². The van der Waals surface area contributed by atoms with Gasteiger partial charge in [0.2, 0.25) is 0 Å². The Hall–Kier alpha value is -0.610. The van der Waals surface area contributed by atoms with Crippen LogP contribution in [0.15, 0.2) is 0 Å². The van der Waals surface area contributed by atoms with Crippen LogP contribution in [0.25, 0.3) is 0 Å². The number of aliphatic hydroxyl groups excluding tert-OH is 1. The van der Waals surface area contributed by atoms with Crippen LogP contribution in [0.5, 0.6) is 0 Å². The standard InChI is InChI=1S/C15H29NO3/c1-12(13(18)19-14(2,3)4)16-10-15(11-17)8-6-5-7-9-15/h12,16-17H,5-11H2,1-4H3. The summed E-state index contributed by atoms with van der Waals surface area (Å²) < 4.78 is 5.34. The Labute approximate surface area is 116 Å². The minimum Gasteiger partial charge on any atom is -0.459 e. The lowest BCUT2D eigenvalue weighted by Crippen LogP contribution is -2.46. The second kappa shape index (κ2) is 6.71. The van der Waals surface area contributed by atoms with Gasteiger partial charge in [-0.2, -0.15) is 0 Å². The van der Waals surface area contributed by atoms with Crippen molar-refractivity contribution in [2.45, 2.75) is 71.4 Å². The lowest BCUT2D eigenvalue weighted by atomic mass is 9.74. The molecule has 0 aromatic heterocycles. The van der Waals surface area contributed by atoms with E-state index in [1.165, 1.54) is 19.3 Å². The number of rotatable bonds is 5. The van der Waals surface area contributed by atoms with Crippen LogP contribution in [0.3, 0.4) is 0 Å². The summed E-state index contributed by atoms with van der Waals surface area (Å²) in [6.07, 6.45) is 5.67. The Morgan fingerprint density at radius 2 is 1.89 bits per heavy atom. The average molecular weight is 271 g/mol. The molecule has 0 amide bonds. The number of carbonyl (C=O) groups is 1. The van der Waals surface area contributed by atoms with Gasteiger partial charge in [0, 0.05) is 18.6 Å². The summed E-state index contributed by atoms with van der Waals surface area (Å²) in [5, 5.41) is 12.9. The summed E-state index contributed by atoms with van der Waals surface area (Å²) in [5.74, 6) is -0.226. The monoisotopic (exact) mass is 271 g/mol. The molecule has 2 N–H and O–H groups in total. The zero-order chi connectivity index (χ0) is 14.5. The summed E-state index contributed by atoms with van der Waals surface area (Å²) >= 11 is 0. The fraction of sp³-hybridized carbons (Fsp3) is 0.933. The molecule has 19 heavy (non-hydrogen) atoms. The number of aliphatic hydroxyl groups is 1. The molecule has 112 valence electrons. The molecular weight excluding hydrogens is 242 g/mol. The van der Waals surface area contributed by atoms with E-state index in [0.717, 1.165) is 12.8 Å². The van der Waals surface area contributed by atoms with Crippen LogP contribution in [-0.2, 0) is 9.53 Å². The molecule has 1 aliphatic carbocycles. The number of ether oxygens (including phenoxy) is 1. The third-order valence-corrected chi connectivity index (χ3v) is 3.79. The van der Waals surface area contributed by atoms with Crippen molar-refractivity contribution in [1.29, 1.82) is 0 Å². The third kappa shape index (κ3) is 5.49. The van der Waals surface area contributed by atoms with Gasteiger partial charge in [-0.05, 0) is 40.5 Å². The Bertz CT molecular complexity index is 290. The van der Waals surface area contributed by atoms with Crippen LogP contribution in [0.2, 0.25) is 0 Å². The molecule has 1 atom stereocenters. The van der Waals surface area contributed by atoms with Crippen LogP contribution < -0.4 is 5.32 Å². The smallest absolute Gasteiger partial charge is 0.323 e. The fourth-order valence-electron chi connectivity index (χ4n) is 2.54. The van der Waals surface area contributed by atoms with Crippen molar-refractivity contribution in [2.24, 2.45) is 5.41 Å². The van der Waals surface area contributed by atoms with E-state index < -0.39 is 5.60 Å². The van der Waals surface area contributed by atoms with Gasteiger partial charge in [-0.1, -0.05) is 19.3 Å². The fourth-order valence-corrected chi connectivity index (χ4v) is 2.54. The first kappa shape index (κ1) is 16.4. The molecule has 0 spiro atoms. The second-order valence-corrected chi connectivity index (χ2v) is 6.85. The highest BCUT2D eigenvalue weighted by molar-refractivity contribution is 5.75. The molecule has 1 aliphatic rings. The highest BCUT2D eigenvalue weighted by Crippen LogP contribution is 2.35. The van der Waals surface area contributed by atoms with E-state index in [1.807, 2.05) is 27.7 Å². The molecule has 1 fully saturated rings. The maximum Gasteiger partial charge on any atom is 0.323 e. The number of carbonyl (C=O) groups excluding carboxylic acids is 1.